The van der Waals surface area contributed by atoms with E-state index in [9.17, 15) is 14.7 Å². The van der Waals surface area contributed by atoms with Gasteiger partial charge in [0.1, 0.15) is 5.76 Å². The molecular weight excluding hydrogens is 242 g/mol. The fourth-order valence-electron chi connectivity index (χ4n) is 2.95. The zero-order valence-corrected chi connectivity index (χ0v) is 10.6. The number of hydrogen-bond donors (Lipinski definition) is 2. The molecule has 0 heterocycles. The summed E-state index contributed by atoms with van der Waals surface area (Å²) in [5.41, 5.74) is 7.86. The first-order valence-electron chi connectivity index (χ1n) is 6.41. The normalized spacial score (nSPS) is 30.3. The van der Waals surface area contributed by atoms with Gasteiger partial charge >= 0.3 is 0 Å². The van der Waals surface area contributed by atoms with Crippen molar-refractivity contribution in [2.45, 2.75) is 25.8 Å². The summed E-state index contributed by atoms with van der Waals surface area (Å²) in [6, 6.07) is -0.685. The summed E-state index contributed by atoms with van der Waals surface area (Å²) < 4.78 is 0. The summed E-state index contributed by atoms with van der Waals surface area (Å²) in [4.78, 5) is 24.2. The van der Waals surface area contributed by atoms with E-state index in [0.29, 0.717) is 28.7 Å². The molecule has 0 spiro atoms. The Morgan fingerprint density at radius 1 is 1.37 bits per heavy atom. The summed E-state index contributed by atoms with van der Waals surface area (Å²) in [6.07, 6.45) is 6.39. The van der Waals surface area contributed by atoms with E-state index in [2.05, 4.69) is 0 Å². The van der Waals surface area contributed by atoms with Gasteiger partial charge in [-0.25, -0.2) is 0 Å². The number of allylic oxidation sites excluding steroid dienone is 5. The fraction of sp³-hybridized carbons (Fsp3) is 0.333. The standard InChI is InChI=1S/C15H15NO3/c1-7-12-10(6-11(17)13(7)16)14(18)8-4-2-3-5-9(8)15(12)19/h2,4,6-7,13,19H,3,5,16H2,1H3/t7-,13?/m1/s1. The van der Waals surface area contributed by atoms with Gasteiger partial charge in [0.15, 0.2) is 11.6 Å². The molecule has 98 valence electrons. The van der Waals surface area contributed by atoms with Crippen LogP contribution in [0.25, 0.3) is 0 Å². The molecule has 4 nitrogen and oxygen atoms in total. The highest BCUT2D eigenvalue weighted by molar-refractivity contribution is 6.19. The van der Waals surface area contributed by atoms with Crippen LogP contribution >= 0.6 is 0 Å². The van der Waals surface area contributed by atoms with Crippen molar-refractivity contribution in [1.29, 1.82) is 0 Å². The lowest BCUT2D eigenvalue weighted by atomic mass is 9.72. The minimum absolute atomic E-state index is 0.139. The van der Waals surface area contributed by atoms with Crippen molar-refractivity contribution in [2.24, 2.45) is 11.7 Å². The fourth-order valence-corrected chi connectivity index (χ4v) is 2.95. The van der Waals surface area contributed by atoms with Crippen LogP contribution in [0, 0.1) is 5.92 Å². The summed E-state index contributed by atoms with van der Waals surface area (Å²) in [7, 11) is 0. The molecule has 0 aromatic carbocycles. The van der Waals surface area contributed by atoms with Crippen molar-refractivity contribution in [3.63, 3.8) is 0 Å². The summed E-state index contributed by atoms with van der Waals surface area (Å²) in [6.45, 7) is 1.78. The molecule has 3 rings (SSSR count). The second-order valence-corrected chi connectivity index (χ2v) is 5.20. The van der Waals surface area contributed by atoms with E-state index < -0.39 is 6.04 Å². The molecule has 0 aromatic heterocycles. The van der Waals surface area contributed by atoms with Gasteiger partial charge in [-0.15, -0.1) is 0 Å². The number of hydrogen-bond acceptors (Lipinski definition) is 4. The van der Waals surface area contributed by atoms with Crippen LogP contribution in [0.2, 0.25) is 0 Å². The van der Waals surface area contributed by atoms with Crippen molar-refractivity contribution < 1.29 is 14.7 Å². The second kappa shape index (κ2) is 4.03. The van der Waals surface area contributed by atoms with Crippen molar-refractivity contribution in [2.75, 3.05) is 0 Å². The summed E-state index contributed by atoms with van der Waals surface area (Å²) >= 11 is 0. The molecule has 4 heteroatoms. The number of aliphatic hydroxyl groups is 1. The molecule has 3 aliphatic carbocycles. The largest absolute Gasteiger partial charge is 0.507 e. The van der Waals surface area contributed by atoms with Crippen LogP contribution in [-0.4, -0.2) is 22.7 Å². The van der Waals surface area contributed by atoms with Crippen LogP contribution in [0.15, 0.2) is 46.3 Å². The predicted octanol–water partition coefficient (Wildman–Crippen LogP) is 1.50. The van der Waals surface area contributed by atoms with Crippen molar-refractivity contribution in [3.8, 4) is 0 Å². The molecule has 0 aromatic rings. The van der Waals surface area contributed by atoms with Crippen molar-refractivity contribution >= 4 is 11.6 Å². The van der Waals surface area contributed by atoms with Gasteiger partial charge in [0.05, 0.1) is 6.04 Å². The number of carbonyl (C=O) groups is 2. The van der Waals surface area contributed by atoms with Gasteiger partial charge < -0.3 is 10.8 Å². The average molecular weight is 257 g/mol. The van der Waals surface area contributed by atoms with E-state index in [1.165, 1.54) is 6.08 Å². The minimum Gasteiger partial charge on any atom is -0.507 e. The third-order valence-corrected chi connectivity index (χ3v) is 4.10. The predicted molar refractivity (Wildman–Crippen MR) is 70.3 cm³/mol. The Morgan fingerprint density at radius 3 is 2.84 bits per heavy atom. The number of rotatable bonds is 0. The van der Waals surface area contributed by atoms with Gasteiger partial charge in [-0.05, 0) is 18.9 Å². The average Bonchev–Trinajstić information content (AvgIpc) is 2.42. The molecule has 19 heavy (non-hydrogen) atoms. The third kappa shape index (κ3) is 1.56. The second-order valence-electron chi connectivity index (χ2n) is 5.20. The zero-order chi connectivity index (χ0) is 13.7. The Bertz CT molecular complexity index is 619. The Balaban J connectivity index is 2.26. The molecular formula is C15H15NO3. The first kappa shape index (κ1) is 12.1. The smallest absolute Gasteiger partial charge is 0.193 e. The molecule has 0 aliphatic heterocycles. The Labute approximate surface area is 111 Å². The molecule has 3 N–H and O–H groups in total. The molecule has 2 atom stereocenters. The molecule has 0 amide bonds. The van der Waals surface area contributed by atoms with E-state index in [4.69, 9.17) is 5.73 Å². The lowest BCUT2D eigenvalue weighted by Gasteiger charge is -2.32. The van der Waals surface area contributed by atoms with E-state index in [-0.39, 0.29) is 23.2 Å². The first-order chi connectivity index (χ1) is 9.02. The minimum atomic E-state index is -0.685. The maximum absolute atomic E-state index is 12.4. The highest BCUT2D eigenvalue weighted by Gasteiger charge is 2.40. The zero-order valence-electron chi connectivity index (χ0n) is 10.6. The van der Waals surface area contributed by atoms with Crippen LogP contribution in [0.3, 0.4) is 0 Å². The van der Waals surface area contributed by atoms with Gasteiger partial charge in [0.25, 0.3) is 0 Å². The van der Waals surface area contributed by atoms with Gasteiger partial charge in [0.2, 0.25) is 0 Å². The summed E-state index contributed by atoms with van der Waals surface area (Å²) in [5, 5.41) is 10.4. The van der Waals surface area contributed by atoms with E-state index >= 15 is 0 Å². The molecule has 0 radical (unpaired) electrons. The van der Waals surface area contributed by atoms with Crippen molar-refractivity contribution in [3.05, 3.63) is 46.3 Å². The van der Waals surface area contributed by atoms with Crippen molar-refractivity contribution in [1.82, 2.24) is 0 Å². The molecule has 3 aliphatic rings. The molecule has 0 saturated carbocycles. The van der Waals surface area contributed by atoms with Gasteiger partial charge in [-0.1, -0.05) is 19.1 Å². The molecule has 0 saturated heterocycles. The maximum Gasteiger partial charge on any atom is 0.193 e. The van der Waals surface area contributed by atoms with Crippen LogP contribution in [0.4, 0.5) is 0 Å². The Morgan fingerprint density at radius 2 is 2.11 bits per heavy atom. The third-order valence-electron chi connectivity index (χ3n) is 4.10. The number of carbonyl (C=O) groups excluding carboxylic acids is 2. The number of nitrogens with two attached hydrogens (primary N) is 1. The van der Waals surface area contributed by atoms with Crippen LogP contribution in [-0.2, 0) is 9.59 Å². The van der Waals surface area contributed by atoms with E-state index in [1.54, 1.807) is 13.0 Å². The number of ketones is 2. The van der Waals surface area contributed by atoms with E-state index in [1.807, 2.05) is 6.08 Å². The first-order valence-corrected chi connectivity index (χ1v) is 6.41. The van der Waals surface area contributed by atoms with Crippen LogP contribution < -0.4 is 5.73 Å². The number of fused-ring (bicyclic) bond motifs is 1. The van der Waals surface area contributed by atoms with Crippen LogP contribution in [0.1, 0.15) is 19.8 Å². The quantitative estimate of drug-likeness (QED) is 0.689. The Hall–Kier alpha value is -1.94. The van der Waals surface area contributed by atoms with Gasteiger partial charge in [-0.3, -0.25) is 9.59 Å². The Kier molecular flexibility index (Phi) is 2.57. The molecule has 0 bridgehead atoms. The lowest BCUT2D eigenvalue weighted by Crippen LogP contribution is -2.42. The maximum atomic E-state index is 12.4. The number of Topliss-reactive ketones (excluding diaryl/α,β-unsaturated/α-hetero) is 1. The highest BCUT2D eigenvalue weighted by atomic mass is 16.3. The lowest BCUT2D eigenvalue weighted by molar-refractivity contribution is -0.118. The van der Waals surface area contributed by atoms with Crippen LogP contribution in [0.5, 0.6) is 0 Å². The SMILES string of the molecule is C[C@@H]1C2=C(O)C3=C(C=CCC3)C(=O)C2=CC(=O)C1N. The molecule has 0 fully saturated rings. The van der Waals surface area contributed by atoms with Gasteiger partial charge in [0, 0.05) is 28.2 Å². The monoisotopic (exact) mass is 257 g/mol. The van der Waals surface area contributed by atoms with E-state index in [0.717, 1.165) is 6.42 Å². The number of aliphatic hydroxyl groups excluding tert-OH is 1. The molecule has 1 unspecified atom stereocenters. The highest BCUT2D eigenvalue weighted by Crippen LogP contribution is 2.41. The topological polar surface area (TPSA) is 80.4 Å². The van der Waals surface area contributed by atoms with Gasteiger partial charge in [-0.2, -0.15) is 0 Å². The summed E-state index contributed by atoms with van der Waals surface area (Å²) in [5.74, 6) is -0.626.